The Morgan fingerprint density at radius 3 is 2.77 bits per heavy atom. The first-order chi connectivity index (χ1) is 14.5. The van der Waals surface area contributed by atoms with Crippen molar-refractivity contribution >= 4 is 28.9 Å². The molecule has 0 bridgehead atoms. The van der Waals surface area contributed by atoms with Gasteiger partial charge in [-0.3, -0.25) is 9.69 Å². The SMILES string of the molecule is CC(C)[C@H](NC(=O)N1CCn2c1nc1ccccc12)C(=O)NCCC1=CCCCC1. The number of benzene rings is 1. The minimum atomic E-state index is -0.573. The molecule has 1 aromatic heterocycles. The number of amides is 3. The summed E-state index contributed by atoms with van der Waals surface area (Å²) in [5.41, 5.74) is 3.33. The van der Waals surface area contributed by atoms with Crippen molar-refractivity contribution in [2.75, 3.05) is 18.0 Å². The summed E-state index contributed by atoms with van der Waals surface area (Å²) in [7, 11) is 0. The van der Waals surface area contributed by atoms with Crippen molar-refractivity contribution in [2.45, 2.75) is 58.5 Å². The summed E-state index contributed by atoms with van der Waals surface area (Å²) in [6.45, 7) is 5.78. The summed E-state index contributed by atoms with van der Waals surface area (Å²) in [4.78, 5) is 32.0. The second-order valence-corrected chi connectivity index (χ2v) is 8.52. The number of carbonyl (C=O) groups excluding carboxylic acids is 2. The number of urea groups is 1. The molecule has 0 fully saturated rings. The first-order valence-electron chi connectivity index (χ1n) is 11.0. The lowest BCUT2D eigenvalue weighted by Crippen LogP contribution is -2.53. The zero-order chi connectivity index (χ0) is 21.1. The van der Waals surface area contributed by atoms with Crippen molar-refractivity contribution in [3.63, 3.8) is 0 Å². The van der Waals surface area contributed by atoms with Crippen LogP contribution in [0.15, 0.2) is 35.9 Å². The van der Waals surface area contributed by atoms with E-state index in [1.54, 1.807) is 4.90 Å². The number of hydrogen-bond donors (Lipinski definition) is 2. The number of anilines is 1. The molecule has 0 saturated carbocycles. The molecule has 1 aliphatic carbocycles. The lowest BCUT2D eigenvalue weighted by Gasteiger charge is -2.24. The molecule has 7 nitrogen and oxygen atoms in total. The Hall–Kier alpha value is -2.83. The highest BCUT2D eigenvalue weighted by atomic mass is 16.2. The number of aromatic nitrogens is 2. The van der Waals surface area contributed by atoms with Crippen LogP contribution in [0.4, 0.5) is 10.7 Å². The highest BCUT2D eigenvalue weighted by Crippen LogP contribution is 2.27. The van der Waals surface area contributed by atoms with Crippen LogP contribution in [-0.2, 0) is 11.3 Å². The predicted molar refractivity (Wildman–Crippen MR) is 118 cm³/mol. The smallest absolute Gasteiger partial charge is 0.324 e. The van der Waals surface area contributed by atoms with Crippen LogP contribution >= 0.6 is 0 Å². The molecule has 4 rings (SSSR count). The number of nitrogens with one attached hydrogen (secondary N) is 2. The van der Waals surface area contributed by atoms with Gasteiger partial charge < -0.3 is 15.2 Å². The Morgan fingerprint density at radius 1 is 1.17 bits per heavy atom. The van der Waals surface area contributed by atoms with E-state index in [9.17, 15) is 9.59 Å². The molecular formula is C23H31N5O2. The van der Waals surface area contributed by atoms with Crippen LogP contribution in [0.1, 0.15) is 46.0 Å². The van der Waals surface area contributed by atoms with E-state index in [0.717, 1.165) is 30.3 Å². The molecule has 2 aromatic rings. The molecule has 1 aromatic carbocycles. The number of rotatable bonds is 6. The van der Waals surface area contributed by atoms with Crippen LogP contribution in [0.25, 0.3) is 11.0 Å². The lowest BCUT2D eigenvalue weighted by atomic mass is 9.97. The van der Waals surface area contributed by atoms with Gasteiger partial charge in [0.1, 0.15) is 6.04 Å². The van der Waals surface area contributed by atoms with Gasteiger partial charge >= 0.3 is 6.03 Å². The fourth-order valence-corrected chi connectivity index (χ4v) is 4.32. The van der Waals surface area contributed by atoms with E-state index in [4.69, 9.17) is 0 Å². The molecule has 0 spiro atoms. The van der Waals surface area contributed by atoms with Gasteiger partial charge in [-0.05, 0) is 50.2 Å². The molecule has 160 valence electrons. The maximum Gasteiger partial charge on any atom is 0.324 e. The van der Waals surface area contributed by atoms with Gasteiger partial charge in [0, 0.05) is 19.6 Å². The van der Waals surface area contributed by atoms with E-state index in [1.807, 2.05) is 38.1 Å². The van der Waals surface area contributed by atoms with E-state index >= 15 is 0 Å². The average Bonchev–Trinajstić information content (AvgIpc) is 3.31. The highest BCUT2D eigenvalue weighted by molar-refractivity contribution is 5.96. The number of imidazole rings is 1. The summed E-state index contributed by atoms with van der Waals surface area (Å²) >= 11 is 0. The fourth-order valence-electron chi connectivity index (χ4n) is 4.32. The maximum absolute atomic E-state index is 13.0. The molecule has 0 radical (unpaired) electrons. The molecule has 2 heterocycles. The topological polar surface area (TPSA) is 79.3 Å². The Bertz CT molecular complexity index is 962. The molecule has 0 saturated heterocycles. The quantitative estimate of drug-likeness (QED) is 0.716. The third-order valence-electron chi connectivity index (χ3n) is 6.03. The molecule has 2 N–H and O–H groups in total. The van der Waals surface area contributed by atoms with E-state index in [0.29, 0.717) is 25.6 Å². The first kappa shape index (κ1) is 20.4. The van der Waals surface area contributed by atoms with Crippen LogP contribution < -0.4 is 15.5 Å². The third-order valence-corrected chi connectivity index (χ3v) is 6.03. The fraction of sp³-hybridized carbons (Fsp3) is 0.522. The summed E-state index contributed by atoms with van der Waals surface area (Å²) in [5, 5.41) is 5.95. The first-order valence-corrected chi connectivity index (χ1v) is 11.0. The Balaban J connectivity index is 1.38. The molecule has 1 atom stereocenters. The standard InChI is InChI=1S/C23H31N5O2/c1-16(2)20(21(29)24-13-12-17-8-4-3-5-9-17)26-23(30)28-15-14-27-19-11-7-6-10-18(19)25-22(27)28/h6-8,10-11,16,20H,3-5,9,12-15H2,1-2H3,(H,24,29)(H,26,30)/t20-/m0/s1. The molecule has 7 heteroatoms. The van der Waals surface area contributed by atoms with Gasteiger partial charge in [-0.25, -0.2) is 9.78 Å². The van der Waals surface area contributed by atoms with Gasteiger partial charge in [-0.2, -0.15) is 0 Å². The molecule has 2 aliphatic rings. The summed E-state index contributed by atoms with van der Waals surface area (Å²) in [6, 6.07) is 7.03. The zero-order valence-corrected chi connectivity index (χ0v) is 17.9. The normalized spacial score (nSPS) is 17.0. The predicted octanol–water partition coefficient (Wildman–Crippen LogP) is 3.60. The molecule has 3 amide bonds. The van der Waals surface area contributed by atoms with Crippen molar-refractivity contribution in [1.82, 2.24) is 20.2 Å². The van der Waals surface area contributed by atoms with Gasteiger partial charge in [-0.15, -0.1) is 0 Å². The van der Waals surface area contributed by atoms with Gasteiger partial charge in [0.15, 0.2) is 0 Å². The number of nitrogens with zero attached hydrogens (tertiary/aromatic N) is 3. The summed E-state index contributed by atoms with van der Waals surface area (Å²) in [6.07, 6.45) is 7.98. The van der Waals surface area contributed by atoms with Crippen LogP contribution in [0, 0.1) is 5.92 Å². The highest BCUT2D eigenvalue weighted by Gasteiger charge is 2.32. The van der Waals surface area contributed by atoms with Crippen molar-refractivity contribution in [1.29, 1.82) is 0 Å². The summed E-state index contributed by atoms with van der Waals surface area (Å²) in [5.74, 6) is 0.507. The van der Waals surface area contributed by atoms with E-state index in [-0.39, 0.29) is 17.9 Å². The number of fused-ring (bicyclic) bond motifs is 3. The molecule has 0 unspecified atom stereocenters. The van der Waals surface area contributed by atoms with Gasteiger partial charge in [0.2, 0.25) is 11.9 Å². The second-order valence-electron chi connectivity index (χ2n) is 8.52. The van der Waals surface area contributed by atoms with E-state index in [1.165, 1.54) is 18.4 Å². The number of carbonyl (C=O) groups is 2. The zero-order valence-electron chi connectivity index (χ0n) is 17.9. The average molecular weight is 410 g/mol. The van der Waals surface area contributed by atoms with Crippen LogP contribution in [0.5, 0.6) is 0 Å². The van der Waals surface area contributed by atoms with Gasteiger partial charge in [0.25, 0.3) is 0 Å². The van der Waals surface area contributed by atoms with Crippen molar-refractivity contribution in [3.8, 4) is 0 Å². The minimum Gasteiger partial charge on any atom is -0.354 e. The third kappa shape index (κ3) is 4.20. The van der Waals surface area contributed by atoms with E-state index in [2.05, 4.69) is 26.3 Å². The van der Waals surface area contributed by atoms with Gasteiger partial charge in [0.05, 0.1) is 11.0 Å². The number of allylic oxidation sites excluding steroid dienone is 1. The molecule has 30 heavy (non-hydrogen) atoms. The monoisotopic (exact) mass is 409 g/mol. The lowest BCUT2D eigenvalue weighted by molar-refractivity contribution is -0.123. The summed E-state index contributed by atoms with van der Waals surface area (Å²) < 4.78 is 2.05. The van der Waals surface area contributed by atoms with E-state index < -0.39 is 6.04 Å². The van der Waals surface area contributed by atoms with Crippen LogP contribution in [0.2, 0.25) is 0 Å². The van der Waals surface area contributed by atoms with Crippen molar-refractivity contribution in [2.24, 2.45) is 5.92 Å². The molecular weight excluding hydrogens is 378 g/mol. The Morgan fingerprint density at radius 2 is 2.00 bits per heavy atom. The molecule has 1 aliphatic heterocycles. The van der Waals surface area contributed by atoms with Crippen LogP contribution in [-0.4, -0.2) is 40.6 Å². The Kier molecular flexibility index (Phi) is 6.06. The maximum atomic E-state index is 13.0. The van der Waals surface area contributed by atoms with Crippen molar-refractivity contribution < 1.29 is 9.59 Å². The number of para-hydroxylation sites is 2. The van der Waals surface area contributed by atoms with Gasteiger partial charge in [-0.1, -0.05) is 37.6 Å². The number of hydrogen-bond acceptors (Lipinski definition) is 3. The van der Waals surface area contributed by atoms with Crippen LogP contribution in [0.3, 0.4) is 0 Å². The largest absolute Gasteiger partial charge is 0.354 e. The Labute approximate surface area is 177 Å². The minimum absolute atomic E-state index is 0.00994. The second kappa shape index (κ2) is 8.90. The van der Waals surface area contributed by atoms with Crippen molar-refractivity contribution in [3.05, 3.63) is 35.9 Å².